The van der Waals surface area contributed by atoms with E-state index in [4.69, 9.17) is 14.0 Å². The van der Waals surface area contributed by atoms with E-state index in [0.29, 0.717) is 18.6 Å². The second-order valence-corrected chi connectivity index (χ2v) is 9.04. The second kappa shape index (κ2) is 6.99. The summed E-state index contributed by atoms with van der Waals surface area (Å²) in [7, 11) is -0.535. The molecule has 1 heterocycles. The largest absolute Gasteiger partial charge is 0.498 e. The van der Waals surface area contributed by atoms with Crippen LogP contribution in [0.15, 0.2) is 23.1 Å². The van der Waals surface area contributed by atoms with E-state index >= 15 is 0 Å². The van der Waals surface area contributed by atoms with Crippen molar-refractivity contribution in [3.8, 4) is 5.75 Å². The van der Waals surface area contributed by atoms with Crippen molar-refractivity contribution in [2.75, 3.05) is 6.26 Å². The third kappa shape index (κ3) is 4.05. The highest BCUT2D eigenvalue weighted by molar-refractivity contribution is 7.98. The molecular weight excluding hydrogens is 357 g/mol. The normalized spacial score (nSPS) is 24.7. The van der Waals surface area contributed by atoms with E-state index in [9.17, 15) is 8.78 Å². The Bertz CT molecular complexity index is 640. The van der Waals surface area contributed by atoms with Gasteiger partial charge in [0.25, 0.3) is 0 Å². The number of hydrogen-bond acceptors (Lipinski definition) is 4. The molecule has 7 heteroatoms. The summed E-state index contributed by atoms with van der Waals surface area (Å²) in [6.45, 7) is 8.04. The molecule has 0 amide bonds. The second-order valence-electron chi connectivity index (χ2n) is 8.17. The van der Waals surface area contributed by atoms with Crippen LogP contribution in [0.25, 0.3) is 0 Å². The number of hydrogen-bond donors (Lipinski definition) is 0. The van der Waals surface area contributed by atoms with Gasteiger partial charge in [-0.3, -0.25) is 0 Å². The van der Waals surface area contributed by atoms with Crippen LogP contribution in [0.3, 0.4) is 0 Å². The SMILES string of the molecule is CSc1ccc(OC2CCC(F)(F)CC2)c(B2OC(C)(C)C(C)(C)O2)c1. The third-order valence-electron chi connectivity index (χ3n) is 5.68. The lowest BCUT2D eigenvalue weighted by molar-refractivity contribution is -0.0581. The van der Waals surface area contributed by atoms with Gasteiger partial charge in [0.15, 0.2) is 0 Å². The van der Waals surface area contributed by atoms with Crippen LogP contribution in [0, 0.1) is 0 Å². The van der Waals surface area contributed by atoms with Crippen molar-refractivity contribution in [2.24, 2.45) is 0 Å². The van der Waals surface area contributed by atoms with Crippen molar-refractivity contribution in [3.63, 3.8) is 0 Å². The van der Waals surface area contributed by atoms with Gasteiger partial charge in [0.2, 0.25) is 5.92 Å². The smallest absolute Gasteiger partial charge is 0.491 e. The zero-order valence-corrected chi connectivity index (χ0v) is 16.9. The fourth-order valence-electron chi connectivity index (χ4n) is 3.23. The maximum atomic E-state index is 13.4. The Morgan fingerprint density at radius 2 is 1.65 bits per heavy atom. The first-order valence-electron chi connectivity index (χ1n) is 9.11. The molecule has 0 spiro atoms. The molecule has 0 atom stereocenters. The highest BCUT2D eigenvalue weighted by atomic mass is 32.2. The van der Waals surface area contributed by atoms with E-state index in [1.54, 1.807) is 11.8 Å². The Morgan fingerprint density at radius 1 is 1.08 bits per heavy atom. The van der Waals surface area contributed by atoms with E-state index in [2.05, 4.69) is 0 Å². The van der Waals surface area contributed by atoms with Crippen molar-refractivity contribution < 1.29 is 22.8 Å². The molecule has 26 heavy (non-hydrogen) atoms. The molecular formula is C19H27BF2O3S. The quantitative estimate of drug-likeness (QED) is 0.557. The van der Waals surface area contributed by atoms with E-state index in [-0.39, 0.29) is 18.9 Å². The van der Waals surface area contributed by atoms with Crippen molar-refractivity contribution in [1.82, 2.24) is 0 Å². The fourth-order valence-corrected chi connectivity index (χ4v) is 3.68. The molecule has 1 aliphatic heterocycles. The van der Waals surface area contributed by atoms with Crippen molar-refractivity contribution >= 4 is 24.3 Å². The summed E-state index contributed by atoms with van der Waals surface area (Å²) in [6.07, 6.45) is 2.29. The molecule has 0 unspecified atom stereocenters. The molecule has 1 aliphatic carbocycles. The van der Waals surface area contributed by atoms with Gasteiger partial charge in [-0.25, -0.2) is 8.78 Å². The Balaban J connectivity index is 1.83. The molecule has 3 nitrogen and oxygen atoms in total. The monoisotopic (exact) mass is 384 g/mol. The summed E-state index contributed by atoms with van der Waals surface area (Å²) in [5, 5.41) is 0. The number of ether oxygens (including phenoxy) is 1. The summed E-state index contributed by atoms with van der Waals surface area (Å²) in [6, 6.07) is 5.89. The van der Waals surface area contributed by atoms with Crippen molar-refractivity contribution in [3.05, 3.63) is 18.2 Å². The number of benzene rings is 1. The van der Waals surface area contributed by atoms with E-state index in [0.717, 1.165) is 10.4 Å². The zero-order valence-electron chi connectivity index (χ0n) is 16.1. The summed E-state index contributed by atoms with van der Waals surface area (Å²) in [4.78, 5) is 1.08. The topological polar surface area (TPSA) is 27.7 Å². The first-order valence-corrected chi connectivity index (χ1v) is 10.3. The number of thioether (sulfide) groups is 1. The van der Waals surface area contributed by atoms with Crippen LogP contribution < -0.4 is 10.2 Å². The van der Waals surface area contributed by atoms with Crippen molar-refractivity contribution in [2.45, 2.75) is 81.5 Å². The molecule has 1 saturated heterocycles. The molecule has 1 aromatic rings. The minimum Gasteiger partial charge on any atom is -0.491 e. The van der Waals surface area contributed by atoms with Crippen LogP contribution in [0.1, 0.15) is 53.4 Å². The predicted molar refractivity (Wildman–Crippen MR) is 102 cm³/mol. The van der Waals surface area contributed by atoms with Gasteiger partial charge >= 0.3 is 7.12 Å². The first-order chi connectivity index (χ1) is 12.0. The maximum absolute atomic E-state index is 13.4. The maximum Gasteiger partial charge on any atom is 0.498 e. The van der Waals surface area contributed by atoms with Crippen molar-refractivity contribution in [1.29, 1.82) is 0 Å². The highest BCUT2D eigenvalue weighted by Gasteiger charge is 2.52. The van der Waals surface area contributed by atoms with E-state index in [1.807, 2.05) is 52.1 Å². The first kappa shape index (κ1) is 20.0. The molecule has 2 aliphatic rings. The molecule has 1 aromatic carbocycles. The molecule has 3 rings (SSSR count). The lowest BCUT2D eigenvalue weighted by Crippen LogP contribution is -2.41. The highest BCUT2D eigenvalue weighted by Crippen LogP contribution is 2.38. The minimum absolute atomic E-state index is 0.119. The standard InChI is InChI=1S/C19H27BF2O3S/c1-17(2)18(3,4)25-20(24-17)15-12-14(26-5)6-7-16(15)23-13-8-10-19(21,22)11-9-13/h6-7,12-13H,8-11H2,1-5H3. The van der Waals surface area contributed by atoms with Crippen LogP contribution in [-0.2, 0) is 9.31 Å². The zero-order chi connectivity index (χ0) is 19.2. The summed E-state index contributed by atoms with van der Waals surface area (Å²) in [5.74, 6) is -1.89. The molecule has 1 saturated carbocycles. The Labute approximate surface area is 159 Å². The fraction of sp³-hybridized carbons (Fsp3) is 0.684. The summed E-state index contributed by atoms with van der Waals surface area (Å²) in [5.41, 5.74) is -0.0678. The van der Waals surface area contributed by atoms with Crippen LogP contribution >= 0.6 is 11.8 Å². The van der Waals surface area contributed by atoms with Crippen LogP contribution in [-0.4, -0.2) is 36.6 Å². The molecule has 0 radical (unpaired) electrons. The van der Waals surface area contributed by atoms with Crippen LogP contribution in [0.4, 0.5) is 8.78 Å². The van der Waals surface area contributed by atoms with E-state index in [1.165, 1.54) is 0 Å². The van der Waals surface area contributed by atoms with Gasteiger partial charge in [-0.05, 0) is 65.0 Å². The van der Waals surface area contributed by atoms with Gasteiger partial charge in [0.05, 0.1) is 17.3 Å². The molecule has 144 valence electrons. The molecule has 0 N–H and O–H groups in total. The Hall–Kier alpha value is -0.785. The minimum atomic E-state index is -2.56. The van der Waals surface area contributed by atoms with Gasteiger partial charge in [0.1, 0.15) is 5.75 Å². The lowest BCUT2D eigenvalue weighted by atomic mass is 9.78. The molecule has 0 bridgehead atoms. The summed E-state index contributed by atoms with van der Waals surface area (Å²) < 4.78 is 45.3. The number of alkyl halides is 2. The predicted octanol–water partition coefficient (Wildman–Crippen LogP) is 4.66. The Morgan fingerprint density at radius 3 is 2.19 bits per heavy atom. The number of rotatable bonds is 4. The van der Waals surface area contributed by atoms with Gasteiger partial charge in [-0.15, -0.1) is 11.8 Å². The average molecular weight is 384 g/mol. The van der Waals surface area contributed by atoms with Crippen LogP contribution in [0.5, 0.6) is 5.75 Å². The van der Waals surface area contributed by atoms with Gasteiger partial charge in [0, 0.05) is 23.2 Å². The van der Waals surface area contributed by atoms with Gasteiger partial charge in [-0.1, -0.05) is 0 Å². The van der Waals surface area contributed by atoms with Crippen LogP contribution in [0.2, 0.25) is 0 Å². The average Bonchev–Trinajstić information content (AvgIpc) is 2.77. The Kier molecular flexibility index (Phi) is 5.37. The number of halogens is 2. The van der Waals surface area contributed by atoms with Gasteiger partial charge < -0.3 is 14.0 Å². The molecule has 0 aromatic heterocycles. The van der Waals surface area contributed by atoms with E-state index < -0.39 is 24.2 Å². The third-order valence-corrected chi connectivity index (χ3v) is 6.41. The lowest BCUT2D eigenvalue weighted by Gasteiger charge is -2.32. The van der Waals surface area contributed by atoms with Gasteiger partial charge in [-0.2, -0.15) is 0 Å². The molecule has 2 fully saturated rings. The summed E-state index contributed by atoms with van der Waals surface area (Å²) >= 11 is 1.63.